The Hall–Kier alpha value is -1.36. The third-order valence-electron chi connectivity index (χ3n) is 2.13. The van der Waals surface area contributed by atoms with Crippen molar-refractivity contribution >= 4 is 5.91 Å². The standard InChI is InChI=1S/C10H17N3O2/c1-6(2)9(11)10(14)12-5-8-4-7(3)13-15-8/h4,6,9H,5,11H2,1-3H3,(H,12,14). The Kier molecular flexibility index (Phi) is 3.85. The molecule has 0 saturated heterocycles. The van der Waals surface area contributed by atoms with Gasteiger partial charge in [-0.05, 0) is 12.8 Å². The second-order valence-corrected chi connectivity index (χ2v) is 3.92. The fourth-order valence-electron chi connectivity index (χ4n) is 1.09. The second kappa shape index (κ2) is 4.93. The number of aromatic nitrogens is 1. The van der Waals surface area contributed by atoms with E-state index in [0.29, 0.717) is 12.3 Å². The Morgan fingerprint density at radius 1 is 1.67 bits per heavy atom. The highest BCUT2D eigenvalue weighted by Crippen LogP contribution is 2.02. The zero-order valence-electron chi connectivity index (χ0n) is 9.28. The van der Waals surface area contributed by atoms with Gasteiger partial charge in [0.25, 0.3) is 0 Å². The molecule has 1 aromatic rings. The summed E-state index contributed by atoms with van der Waals surface area (Å²) < 4.78 is 4.95. The van der Waals surface area contributed by atoms with E-state index in [-0.39, 0.29) is 11.8 Å². The number of nitrogens with one attached hydrogen (secondary N) is 1. The summed E-state index contributed by atoms with van der Waals surface area (Å²) >= 11 is 0. The van der Waals surface area contributed by atoms with E-state index in [0.717, 1.165) is 5.69 Å². The summed E-state index contributed by atoms with van der Waals surface area (Å²) in [6.07, 6.45) is 0. The molecule has 1 amide bonds. The number of hydrogen-bond donors (Lipinski definition) is 2. The smallest absolute Gasteiger partial charge is 0.237 e. The van der Waals surface area contributed by atoms with Crippen molar-refractivity contribution in [3.63, 3.8) is 0 Å². The molecule has 84 valence electrons. The van der Waals surface area contributed by atoms with Gasteiger partial charge >= 0.3 is 0 Å². The minimum absolute atomic E-state index is 0.126. The van der Waals surface area contributed by atoms with Crippen molar-refractivity contribution in [2.24, 2.45) is 11.7 Å². The fourth-order valence-corrected chi connectivity index (χ4v) is 1.09. The van der Waals surface area contributed by atoms with E-state index in [9.17, 15) is 4.79 Å². The Bertz CT molecular complexity index is 333. The number of carbonyl (C=O) groups excluding carboxylic acids is 1. The van der Waals surface area contributed by atoms with Gasteiger partial charge in [0.2, 0.25) is 5.91 Å². The summed E-state index contributed by atoms with van der Waals surface area (Å²) in [5.41, 5.74) is 6.47. The van der Waals surface area contributed by atoms with Crippen molar-refractivity contribution in [1.82, 2.24) is 10.5 Å². The molecule has 1 atom stereocenters. The number of nitrogens with zero attached hydrogens (tertiary/aromatic N) is 1. The van der Waals surface area contributed by atoms with Crippen molar-refractivity contribution in [2.75, 3.05) is 0 Å². The van der Waals surface area contributed by atoms with Crippen LogP contribution in [-0.2, 0) is 11.3 Å². The molecular weight excluding hydrogens is 194 g/mol. The molecule has 0 saturated carbocycles. The minimum atomic E-state index is -0.478. The van der Waals surface area contributed by atoms with Crippen LogP contribution in [0.2, 0.25) is 0 Å². The number of amides is 1. The molecule has 1 unspecified atom stereocenters. The van der Waals surface area contributed by atoms with E-state index in [1.54, 1.807) is 6.07 Å². The van der Waals surface area contributed by atoms with Crippen LogP contribution in [0.1, 0.15) is 25.3 Å². The van der Waals surface area contributed by atoms with Crippen molar-refractivity contribution in [2.45, 2.75) is 33.4 Å². The van der Waals surface area contributed by atoms with Crippen LogP contribution in [0.4, 0.5) is 0 Å². The lowest BCUT2D eigenvalue weighted by molar-refractivity contribution is -0.123. The zero-order valence-corrected chi connectivity index (χ0v) is 9.28. The van der Waals surface area contributed by atoms with Gasteiger partial charge in [0.15, 0.2) is 5.76 Å². The monoisotopic (exact) mass is 211 g/mol. The SMILES string of the molecule is Cc1cc(CNC(=O)C(N)C(C)C)on1. The average Bonchev–Trinajstić information content (AvgIpc) is 2.59. The molecule has 3 N–H and O–H groups in total. The van der Waals surface area contributed by atoms with Crippen LogP contribution in [0.15, 0.2) is 10.6 Å². The first-order valence-electron chi connectivity index (χ1n) is 4.96. The van der Waals surface area contributed by atoms with Gasteiger partial charge in [-0.2, -0.15) is 0 Å². The van der Waals surface area contributed by atoms with Gasteiger partial charge in [-0.3, -0.25) is 4.79 Å². The molecule has 0 aliphatic carbocycles. The first-order valence-corrected chi connectivity index (χ1v) is 4.96. The molecule has 1 heterocycles. The summed E-state index contributed by atoms with van der Waals surface area (Å²) in [4.78, 5) is 11.5. The number of aryl methyl sites for hydroxylation is 1. The first-order chi connectivity index (χ1) is 7.00. The van der Waals surface area contributed by atoms with Gasteiger partial charge in [-0.15, -0.1) is 0 Å². The van der Waals surface area contributed by atoms with Crippen LogP contribution >= 0.6 is 0 Å². The number of hydrogen-bond acceptors (Lipinski definition) is 4. The first kappa shape index (κ1) is 11.7. The molecule has 0 fully saturated rings. The Labute approximate surface area is 89.0 Å². The van der Waals surface area contributed by atoms with E-state index in [2.05, 4.69) is 10.5 Å². The van der Waals surface area contributed by atoms with Crippen molar-refractivity contribution in [1.29, 1.82) is 0 Å². The molecule has 0 aromatic carbocycles. The third kappa shape index (κ3) is 3.36. The summed E-state index contributed by atoms with van der Waals surface area (Å²) in [5, 5.41) is 6.41. The largest absolute Gasteiger partial charge is 0.359 e. The number of nitrogens with two attached hydrogens (primary N) is 1. The van der Waals surface area contributed by atoms with Gasteiger partial charge in [0.05, 0.1) is 18.3 Å². The van der Waals surface area contributed by atoms with E-state index in [1.165, 1.54) is 0 Å². The molecule has 5 nitrogen and oxygen atoms in total. The van der Waals surface area contributed by atoms with Crippen molar-refractivity contribution < 1.29 is 9.32 Å². The number of rotatable bonds is 4. The van der Waals surface area contributed by atoms with Crippen LogP contribution in [0.25, 0.3) is 0 Å². The van der Waals surface area contributed by atoms with Gasteiger partial charge < -0.3 is 15.6 Å². The molecule has 0 radical (unpaired) electrons. The molecule has 0 aliphatic heterocycles. The minimum Gasteiger partial charge on any atom is -0.359 e. The maximum Gasteiger partial charge on any atom is 0.237 e. The van der Waals surface area contributed by atoms with Gasteiger partial charge in [0.1, 0.15) is 0 Å². The Balaban J connectivity index is 2.40. The summed E-state index contributed by atoms with van der Waals surface area (Å²) in [6.45, 7) is 5.97. The molecule has 0 aliphatic rings. The summed E-state index contributed by atoms with van der Waals surface area (Å²) in [7, 11) is 0. The van der Waals surface area contributed by atoms with Crippen molar-refractivity contribution in [3.05, 3.63) is 17.5 Å². The van der Waals surface area contributed by atoms with Crippen LogP contribution in [0.5, 0.6) is 0 Å². The summed E-state index contributed by atoms with van der Waals surface area (Å²) in [6, 6.07) is 1.30. The molecule has 1 aromatic heterocycles. The topological polar surface area (TPSA) is 81.2 Å². The van der Waals surface area contributed by atoms with Gasteiger partial charge in [-0.1, -0.05) is 19.0 Å². The van der Waals surface area contributed by atoms with E-state index >= 15 is 0 Å². The maximum atomic E-state index is 11.5. The van der Waals surface area contributed by atoms with Crippen LogP contribution in [0, 0.1) is 12.8 Å². The highest BCUT2D eigenvalue weighted by Gasteiger charge is 2.16. The summed E-state index contributed by atoms with van der Waals surface area (Å²) in [5.74, 6) is 0.595. The average molecular weight is 211 g/mol. The third-order valence-corrected chi connectivity index (χ3v) is 2.13. The molecular formula is C10H17N3O2. The van der Waals surface area contributed by atoms with Crippen LogP contribution in [-0.4, -0.2) is 17.1 Å². The fraction of sp³-hybridized carbons (Fsp3) is 0.600. The maximum absolute atomic E-state index is 11.5. The molecule has 0 bridgehead atoms. The quantitative estimate of drug-likeness (QED) is 0.763. The van der Waals surface area contributed by atoms with E-state index < -0.39 is 6.04 Å². The van der Waals surface area contributed by atoms with Crippen molar-refractivity contribution in [3.8, 4) is 0 Å². The molecule has 15 heavy (non-hydrogen) atoms. The highest BCUT2D eigenvalue weighted by molar-refractivity contribution is 5.81. The Morgan fingerprint density at radius 2 is 2.33 bits per heavy atom. The molecule has 0 spiro atoms. The Morgan fingerprint density at radius 3 is 2.80 bits per heavy atom. The van der Waals surface area contributed by atoms with E-state index in [1.807, 2.05) is 20.8 Å². The zero-order chi connectivity index (χ0) is 11.4. The molecule has 1 rings (SSSR count). The van der Waals surface area contributed by atoms with Crippen LogP contribution in [0.3, 0.4) is 0 Å². The predicted octanol–water partition coefficient (Wildman–Crippen LogP) is 0.583. The van der Waals surface area contributed by atoms with Gasteiger partial charge in [0, 0.05) is 6.07 Å². The normalized spacial score (nSPS) is 12.9. The molecule has 5 heteroatoms. The predicted molar refractivity (Wildman–Crippen MR) is 55.9 cm³/mol. The number of carbonyl (C=O) groups is 1. The van der Waals surface area contributed by atoms with Gasteiger partial charge in [-0.25, -0.2) is 0 Å². The lowest BCUT2D eigenvalue weighted by Gasteiger charge is -2.14. The second-order valence-electron chi connectivity index (χ2n) is 3.92. The highest BCUT2D eigenvalue weighted by atomic mass is 16.5. The van der Waals surface area contributed by atoms with E-state index in [4.69, 9.17) is 10.3 Å². The lowest BCUT2D eigenvalue weighted by atomic mass is 10.1. The van der Waals surface area contributed by atoms with Crippen LogP contribution < -0.4 is 11.1 Å². The lowest BCUT2D eigenvalue weighted by Crippen LogP contribution is -2.43.